The number of aromatic nitrogens is 3. The van der Waals surface area contributed by atoms with Crippen LogP contribution in [0.2, 0.25) is 0 Å². The van der Waals surface area contributed by atoms with Gasteiger partial charge in [-0.25, -0.2) is 0 Å². The molecule has 0 amide bonds. The number of nitrogens with zero attached hydrogens (tertiary/aromatic N) is 5. The first-order valence-corrected chi connectivity index (χ1v) is 7.91. The average Bonchev–Trinajstić information content (AvgIpc) is 3.02. The zero-order valence-corrected chi connectivity index (χ0v) is 14.5. The van der Waals surface area contributed by atoms with Crippen molar-refractivity contribution in [3.05, 3.63) is 29.7 Å². The first kappa shape index (κ1) is 16.7. The lowest BCUT2D eigenvalue weighted by Crippen LogP contribution is -2.46. The molecule has 0 spiro atoms. The Balaban J connectivity index is 1.76. The summed E-state index contributed by atoms with van der Waals surface area (Å²) in [5.74, 6) is 2.70. The highest BCUT2D eigenvalue weighted by atomic mass is 16.5. The Kier molecular flexibility index (Phi) is 4.96. The van der Waals surface area contributed by atoms with Gasteiger partial charge in [0.25, 0.3) is 0 Å². The maximum atomic E-state index is 5.48. The molecule has 1 atom stereocenters. The van der Waals surface area contributed by atoms with Gasteiger partial charge in [-0.1, -0.05) is 5.16 Å². The molecule has 1 aliphatic heterocycles. The second-order valence-electron chi connectivity index (χ2n) is 5.90. The summed E-state index contributed by atoms with van der Waals surface area (Å²) in [6.45, 7) is 5.15. The standard InChI is InChI=1S/C16H23N5O3/c1-11-18-16(24-19-11)13-10-21(8-7-20(13)2)9-12-15(23-4)14(22-3)5-6-17-12/h5-6,13H,7-10H2,1-4H3/t13-/m0/s1. The molecule has 2 aromatic heterocycles. The molecule has 0 saturated carbocycles. The lowest BCUT2D eigenvalue weighted by molar-refractivity contribution is 0.0701. The topological polar surface area (TPSA) is 76.8 Å². The summed E-state index contributed by atoms with van der Waals surface area (Å²) in [6.07, 6.45) is 1.74. The van der Waals surface area contributed by atoms with Crippen LogP contribution in [-0.4, -0.2) is 65.8 Å². The van der Waals surface area contributed by atoms with Gasteiger partial charge in [-0.2, -0.15) is 4.98 Å². The van der Waals surface area contributed by atoms with E-state index in [4.69, 9.17) is 14.0 Å². The maximum absolute atomic E-state index is 5.48. The fourth-order valence-corrected chi connectivity index (χ4v) is 2.96. The van der Waals surface area contributed by atoms with E-state index in [0.717, 1.165) is 25.3 Å². The molecule has 8 heteroatoms. The minimum atomic E-state index is 0.0801. The van der Waals surface area contributed by atoms with E-state index in [1.807, 2.05) is 6.92 Å². The van der Waals surface area contributed by atoms with E-state index in [9.17, 15) is 0 Å². The van der Waals surface area contributed by atoms with Crippen molar-refractivity contribution >= 4 is 0 Å². The molecule has 1 saturated heterocycles. The lowest BCUT2D eigenvalue weighted by Gasteiger charge is -2.37. The zero-order chi connectivity index (χ0) is 17.1. The Morgan fingerprint density at radius 2 is 2.12 bits per heavy atom. The number of rotatable bonds is 5. The molecule has 0 unspecified atom stereocenters. The third-order valence-electron chi connectivity index (χ3n) is 4.30. The first-order chi connectivity index (χ1) is 11.6. The molecule has 1 fully saturated rings. The van der Waals surface area contributed by atoms with E-state index >= 15 is 0 Å². The molecule has 24 heavy (non-hydrogen) atoms. The van der Waals surface area contributed by atoms with Crippen molar-refractivity contribution in [2.75, 3.05) is 40.9 Å². The molecule has 0 aromatic carbocycles. The summed E-state index contributed by atoms with van der Waals surface area (Å²) >= 11 is 0. The van der Waals surface area contributed by atoms with E-state index in [2.05, 4.69) is 32.0 Å². The zero-order valence-electron chi connectivity index (χ0n) is 14.5. The number of piperazine rings is 1. The van der Waals surface area contributed by atoms with Gasteiger partial charge in [-0.05, 0) is 14.0 Å². The van der Waals surface area contributed by atoms with Gasteiger partial charge in [0.2, 0.25) is 5.89 Å². The van der Waals surface area contributed by atoms with Crippen LogP contribution in [0.25, 0.3) is 0 Å². The molecule has 8 nitrogen and oxygen atoms in total. The van der Waals surface area contributed by atoms with Gasteiger partial charge in [-0.3, -0.25) is 14.8 Å². The highest BCUT2D eigenvalue weighted by Crippen LogP contribution is 2.31. The highest BCUT2D eigenvalue weighted by Gasteiger charge is 2.30. The van der Waals surface area contributed by atoms with Gasteiger partial charge in [-0.15, -0.1) is 0 Å². The fourth-order valence-electron chi connectivity index (χ4n) is 2.96. The minimum absolute atomic E-state index is 0.0801. The van der Waals surface area contributed by atoms with E-state index in [0.29, 0.717) is 29.8 Å². The second-order valence-corrected chi connectivity index (χ2v) is 5.90. The van der Waals surface area contributed by atoms with Crippen LogP contribution in [0.5, 0.6) is 11.5 Å². The molecule has 0 N–H and O–H groups in total. The Hall–Kier alpha value is -2.19. The third-order valence-corrected chi connectivity index (χ3v) is 4.30. The monoisotopic (exact) mass is 333 g/mol. The number of methoxy groups -OCH3 is 2. The first-order valence-electron chi connectivity index (χ1n) is 7.91. The molecule has 3 rings (SSSR count). The van der Waals surface area contributed by atoms with Crippen LogP contribution in [0.4, 0.5) is 0 Å². The summed E-state index contributed by atoms with van der Waals surface area (Å²) < 4.78 is 16.2. The number of ether oxygens (including phenoxy) is 2. The van der Waals surface area contributed by atoms with Gasteiger partial charge in [0.15, 0.2) is 17.3 Å². The van der Waals surface area contributed by atoms with E-state index in [-0.39, 0.29) is 6.04 Å². The molecular formula is C16H23N5O3. The van der Waals surface area contributed by atoms with Gasteiger partial charge < -0.3 is 14.0 Å². The van der Waals surface area contributed by atoms with Crippen LogP contribution in [0.3, 0.4) is 0 Å². The third kappa shape index (κ3) is 3.34. The van der Waals surface area contributed by atoms with Crippen LogP contribution >= 0.6 is 0 Å². The predicted octanol–water partition coefficient (Wildman–Crippen LogP) is 1.28. The van der Waals surface area contributed by atoms with Crippen LogP contribution in [-0.2, 0) is 6.54 Å². The summed E-state index contributed by atoms with van der Waals surface area (Å²) in [5.41, 5.74) is 0.863. The van der Waals surface area contributed by atoms with Crippen LogP contribution < -0.4 is 9.47 Å². The molecule has 3 heterocycles. The van der Waals surface area contributed by atoms with Gasteiger partial charge in [0, 0.05) is 38.4 Å². The molecule has 130 valence electrons. The quantitative estimate of drug-likeness (QED) is 0.810. The number of likely N-dealkylation sites (N-methyl/N-ethyl adjacent to an activating group) is 1. The van der Waals surface area contributed by atoms with Crippen molar-refractivity contribution < 1.29 is 14.0 Å². The van der Waals surface area contributed by atoms with Crippen molar-refractivity contribution in [3.8, 4) is 11.5 Å². The second kappa shape index (κ2) is 7.14. The van der Waals surface area contributed by atoms with Crippen molar-refractivity contribution in [1.29, 1.82) is 0 Å². The Morgan fingerprint density at radius 1 is 1.29 bits per heavy atom. The van der Waals surface area contributed by atoms with Crippen LogP contribution in [0.1, 0.15) is 23.5 Å². The SMILES string of the molecule is COc1ccnc(CN2CCN(C)[C@H](c3nc(C)no3)C2)c1OC. The molecule has 0 bridgehead atoms. The van der Waals surface area contributed by atoms with Crippen LogP contribution in [0, 0.1) is 6.92 Å². The number of hydrogen-bond acceptors (Lipinski definition) is 8. The fraction of sp³-hybridized carbons (Fsp3) is 0.562. The van der Waals surface area contributed by atoms with E-state index in [1.165, 1.54) is 0 Å². The molecule has 2 aromatic rings. The Bertz CT molecular complexity index is 690. The minimum Gasteiger partial charge on any atom is -0.493 e. The van der Waals surface area contributed by atoms with Gasteiger partial charge in [0.05, 0.1) is 14.2 Å². The Labute approximate surface area is 141 Å². The lowest BCUT2D eigenvalue weighted by atomic mass is 10.1. The molecule has 0 aliphatic carbocycles. The van der Waals surface area contributed by atoms with Crippen LogP contribution in [0.15, 0.2) is 16.8 Å². The molecule has 1 aliphatic rings. The smallest absolute Gasteiger partial charge is 0.245 e. The Morgan fingerprint density at radius 3 is 2.79 bits per heavy atom. The van der Waals surface area contributed by atoms with Gasteiger partial charge >= 0.3 is 0 Å². The van der Waals surface area contributed by atoms with Crippen molar-refractivity contribution in [3.63, 3.8) is 0 Å². The van der Waals surface area contributed by atoms with Gasteiger partial charge in [0.1, 0.15) is 11.7 Å². The molecular weight excluding hydrogens is 310 g/mol. The predicted molar refractivity (Wildman–Crippen MR) is 87.0 cm³/mol. The maximum Gasteiger partial charge on any atom is 0.245 e. The molecule has 0 radical (unpaired) electrons. The summed E-state index contributed by atoms with van der Waals surface area (Å²) in [4.78, 5) is 13.4. The number of hydrogen-bond donors (Lipinski definition) is 0. The largest absolute Gasteiger partial charge is 0.493 e. The van der Waals surface area contributed by atoms with Crippen molar-refractivity contribution in [2.24, 2.45) is 0 Å². The number of aryl methyl sites for hydroxylation is 1. The van der Waals surface area contributed by atoms with Crippen molar-refractivity contribution in [2.45, 2.75) is 19.5 Å². The summed E-state index contributed by atoms with van der Waals surface area (Å²) in [5, 5.41) is 3.91. The average molecular weight is 333 g/mol. The number of pyridine rings is 1. The summed E-state index contributed by atoms with van der Waals surface area (Å²) in [6, 6.07) is 1.88. The van der Waals surface area contributed by atoms with Crippen molar-refractivity contribution in [1.82, 2.24) is 24.9 Å². The summed E-state index contributed by atoms with van der Waals surface area (Å²) in [7, 11) is 5.34. The van der Waals surface area contributed by atoms with E-state index < -0.39 is 0 Å². The highest BCUT2D eigenvalue weighted by molar-refractivity contribution is 5.42. The van der Waals surface area contributed by atoms with E-state index in [1.54, 1.807) is 26.5 Å². The normalized spacial score (nSPS) is 19.4.